The number of allylic oxidation sites excluding steroid dienone is 2. The lowest BCUT2D eigenvalue weighted by molar-refractivity contribution is -0.0883. The molecule has 0 heterocycles. The molecule has 0 aliphatic heterocycles. The van der Waals surface area contributed by atoms with Crippen molar-refractivity contribution in [1.82, 2.24) is 0 Å². The largest absolute Gasteiger partial charge is 0.417 e. The van der Waals surface area contributed by atoms with Gasteiger partial charge in [0.05, 0.1) is 5.57 Å². The van der Waals surface area contributed by atoms with Crippen molar-refractivity contribution in [3.8, 4) is 0 Å². The Morgan fingerprint density at radius 1 is 1.29 bits per heavy atom. The van der Waals surface area contributed by atoms with Gasteiger partial charge in [-0.15, -0.1) is 0 Å². The molecule has 0 amide bonds. The number of nitrogens with zero attached hydrogens (tertiary/aromatic N) is 1. The number of alkyl halides is 3. The summed E-state index contributed by atoms with van der Waals surface area (Å²) in [5, 5.41) is 0.533. The summed E-state index contributed by atoms with van der Waals surface area (Å²) < 4.78 is 37.4. The molecule has 0 atom stereocenters. The highest BCUT2D eigenvalue weighted by molar-refractivity contribution is 6.30. The number of rotatable bonds is 3. The van der Waals surface area contributed by atoms with Gasteiger partial charge in [0.2, 0.25) is 0 Å². The lowest BCUT2D eigenvalue weighted by Crippen LogP contribution is -2.16. The first-order chi connectivity index (χ1) is 7.84. The zero-order valence-corrected chi connectivity index (χ0v) is 9.89. The van der Waals surface area contributed by atoms with Gasteiger partial charge in [-0.2, -0.15) is 13.2 Å². The standard InChI is InChI=1S/C12H11ClF3N/c1-3-9(12(14,15)16)8-17(2)11-6-4-10(13)5-7-11/h3-8H,1H2,2H3/b9-8+. The Labute approximate surface area is 103 Å². The van der Waals surface area contributed by atoms with Crippen LogP contribution in [-0.4, -0.2) is 13.2 Å². The fourth-order valence-corrected chi connectivity index (χ4v) is 1.33. The first-order valence-electron chi connectivity index (χ1n) is 4.74. The summed E-state index contributed by atoms with van der Waals surface area (Å²) >= 11 is 5.69. The Balaban J connectivity index is 2.97. The third kappa shape index (κ3) is 3.82. The molecule has 1 aromatic carbocycles. The van der Waals surface area contributed by atoms with Gasteiger partial charge in [-0.25, -0.2) is 0 Å². The molecular weight excluding hydrogens is 251 g/mol. The van der Waals surface area contributed by atoms with Gasteiger partial charge in [0.1, 0.15) is 0 Å². The summed E-state index contributed by atoms with van der Waals surface area (Å²) in [6.07, 6.45) is -2.63. The van der Waals surface area contributed by atoms with Crippen LogP contribution in [0.3, 0.4) is 0 Å². The average Bonchev–Trinajstić information content (AvgIpc) is 2.24. The van der Waals surface area contributed by atoms with E-state index < -0.39 is 11.7 Å². The second-order valence-corrected chi connectivity index (χ2v) is 3.81. The predicted molar refractivity (Wildman–Crippen MR) is 64.2 cm³/mol. The SMILES string of the molecule is C=C/C(=C\N(C)c1ccc(Cl)cc1)C(F)(F)F. The Morgan fingerprint density at radius 2 is 1.82 bits per heavy atom. The van der Waals surface area contributed by atoms with E-state index in [2.05, 4.69) is 6.58 Å². The normalized spacial score (nSPS) is 12.4. The third-order valence-electron chi connectivity index (χ3n) is 2.11. The minimum absolute atomic E-state index is 0.533. The summed E-state index contributed by atoms with van der Waals surface area (Å²) in [5.41, 5.74) is -0.187. The molecule has 1 rings (SSSR count). The summed E-state index contributed by atoms with van der Waals surface area (Å²) in [6, 6.07) is 6.50. The van der Waals surface area contributed by atoms with Crippen molar-refractivity contribution in [2.24, 2.45) is 0 Å². The van der Waals surface area contributed by atoms with Crippen molar-refractivity contribution < 1.29 is 13.2 Å². The number of benzene rings is 1. The zero-order valence-electron chi connectivity index (χ0n) is 9.13. The average molecular weight is 262 g/mol. The van der Waals surface area contributed by atoms with Crippen molar-refractivity contribution in [3.63, 3.8) is 0 Å². The molecule has 0 aromatic heterocycles. The Kier molecular flexibility index (Phi) is 4.23. The van der Waals surface area contributed by atoms with Gasteiger partial charge in [-0.1, -0.05) is 24.3 Å². The predicted octanol–water partition coefficient (Wildman–Crippen LogP) is 4.41. The van der Waals surface area contributed by atoms with E-state index in [4.69, 9.17) is 11.6 Å². The van der Waals surface area contributed by atoms with E-state index in [1.54, 1.807) is 24.3 Å². The van der Waals surface area contributed by atoms with Crippen molar-refractivity contribution in [3.05, 3.63) is 53.7 Å². The molecule has 0 aliphatic rings. The van der Waals surface area contributed by atoms with Crippen LogP contribution >= 0.6 is 11.6 Å². The lowest BCUT2D eigenvalue weighted by Gasteiger charge is -2.17. The van der Waals surface area contributed by atoms with Crippen LogP contribution < -0.4 is 4.90 Å². The molecule has 0 radical (unpaired) electrons. The minimum atomic E-state index is -4.40. The van der Waals surface area contributed by atoms with Gasteiger partial charge in [-0.05, 0) is 24.3 Å². The van der Waals surface area contributed by atoms with Crippen molar-refractivity contribution in [1.29, 1.82) is 0 Å². The summed E-state index contributed by atoms with van der Waals surface area (Å²) in [7, 11) is 1.53. The molecule has 5 heteroatoms. The summed E-state index contributed by atoms with van der Waals surface area (Å²) in [4.78, 5) is 1.36. The molecule has 0 saturated heterocycles. The van der Waals surface area contributed by atoms with Crippen LogP contribution in [0.2, 0.25) is 5.02 Å². The molecular formula is C12H11ClF3N. The Bertz CT molecular complexity index is 420. The van der Waals surface area contributed by atoms with Crippen LogP contribution in [0.5, 0.6) is 0 Å². The fraction of sp³-hybridized carbons (Fsp3) is 0.167. The van der Waals surface area contributed by atoms with E-state index in [9.17, 15) is 13.2 Å². The highest BCUT2D eigenvalue weighted by Crippen LogP contribution is 2.27. The maximum Gasteiger partial charge on any atom is 0.417 e. The van der Waals surface area contributed by atoms with Crippen LogP contribution in [0.25, 0.3) is 0 Å². The quantitative estimate of drug-likeness (QED) is 0.729. The molecule has 0 saturated carbocycles. The van der Waals surface area contributed by atoms with E-state index >= 15 is 0 Å². The van der Waals surface area contributed by atoms with Gasteiger partial charge >= 0.3 is 6.18 Å². The third-order valence-corrected chi connectivity index (χ3v) is 2.37. The highest BCUT2D eigenvalue weighted by atomic mass is 35.5. The second kappa shape index (κ2) is 5.27. The molecule has 0 aliphatic carbocycles. The Morgan fingerprint density at radius 3 is 2.24 bits per heavy atom. The van der Waals surface area contributed by atoms with E-state index in [1.165, 1.54) is 11.9 Å². The molecule has 0 fully saturated rings. The van der Waals surface area contributed by atoms with E-state index in [1.807, 2.05) is 0 Å². The molecule has 0 spiro atoms. The summed E-state index contributed by atoms with van der Waals surface area (Å²) in [6.45, 7) is 3.15. The fourth-order valence-electron chi connectivity index (χ4n) is 1.20. The Hall–Kier alpha value is -1.42. The second-order valence-electron chi connectivity index (χ2n) is 3.37. The van der Waals surface area contributed by atoms with E-state index in [0.29, 0.717) is 10.7 Å². The zero-order chi connectivity index (χ0) is 13.1. The van der Waals surface area contributed by atoms with E-state index in [-0.39, 0.29) is 0 Å². The van der Waals surface area contributed by atoms with E-state index in [0.717, 1.165) is 12.3 Å². The molecule has 17 heavy (non-hydrogen) atoms. The lowest BCUT2D eigenvalue weighted by atomic mass is 10.2. The van der Waals surface area contributed by atoms with Crippen LogP contribution in [-0.2, 0) is 0 Å². The molecule has 1 nitrogen and oxygen atoms in total. The van der Waals surface area contributed by atoms with Gasteiger partial charge in [0, 0.05) is 24.0 Å². The monoisotopic (exact) mass is 261 g/mol. The number of anilines is 1. The maximum absolute atomic E-state index is 12.5. The minimum Gasteiger partial charge on any atom is -0.350 e. The van der Waals surface area contributed by atoms with Crippen LogP contribution in [0.15, 0.2) is 48.7 Å². The first-order valence-corrected chi connectivity index (χ1v) is 5.12. The van der Waals surface area contributed by atoms with Gasteiger partial charge in [0.25, 0.3) is 0 Å². The topological polar surface area (TPSA) is 3.24 Å². The molecule has 1 aromatic rings. The van der Waals surface area contributed by atoms with Crippen LogP contribution in [0.1, 0.15) is 0 Å². The van der Waals surface area contributed by atoms with Gasteiger partial charge < -0.3 is 4.90 Å². The van der Waals surface area contributed by atoms with Crippen molar-refractivity contribution >= 4 is 17.3 Å². The van der Waals surface area contributed by atoms with Crippen LogP contribution in [0, 0.1) is 0 Å². The highest BCUT2D eigenvalue weighted by Gasteiger charge is 2.31. The summed E-state index contributed by atoms with van der Waals surface area (Å²) in [5.74, 6) is 0. The van der Waals surface area contributed by atoms with Gasteiger partial charge in [0.15, 0.2) is 0 Å². The molecule has 0 unspecified atom stereocenters. The number of halogens is 4. The molecule has 92 valence electrons. The smallest absolute Gasteiger partial charge is 0.350 e. The molecule has 0 bridgehead atoms. The van der Waals surface area contributed by atoms with Crippen molar-refractivity contribution in [2.75, 3.05) is 11.9 Å². The molecule has 0 N–H and O–H groups in total. The van der Waals surface area contributed by atoms with Crippen LogP contribution in [0.4, 0.5) is 18.9 Å². The van der Waals surface area contributed by atoms with Crippen molar-refractivity contribution in [2.45, 2.75) is 6.18 Å². The van der Waals surface area contributed by atoms with Gasteiger partial charge in [-0.3, -0.25) is 0 Å². The maximum atomic E-state index is 12.5. The number of hydrogen-bond donors (Lipinski definition) is 0. The number of hydrogen-bond acceptors (Lipinski definition) is 1. The first kappa shape index (κ1) is 13.6.